The molecule has 1 heteroatoms. The average molecular weight is 350 g/mol. The summed E-state index contributed by atoms with van der Waals surface area (Å²) in [6.07, 6.45) is 15.1. The van der Waals surface area contributed by atoms with Crippen molar-refractivity contribution in [3.8, 4) is 0 Å². The van der Waals surface area contributed by atoms with Gasteiger partial charge in [0.05, 0.1) is 0 Å². The Morgan fingerprint density at radius 3 is 2.24 bits per heavy atom. The van der Waals surface area contributed by atoms with Gasteiger partial charge in [-0.1, -0.05) is 97.3 Å². The van der Waals surface area contributed by atoms with Crippen molar-refractivity contribution < 1.29 is 0 Å². The summed E-state index contributed by atoms with van der Waals surface area (Å²) in [6.45, 7) is 22.1. The number of unbranched alkanes of at least 4 members (excludes halogenated alkanes) is 2. The number of rotatable bonds is 6. The van der Waals surface area contributed by atoms with Crippen LogP contribution in [0.5, 0.6) is 0 Å². The van der Waals surface area contributed by atoms with Crippen molar-refractivity contribution in [2.75, 3.05) is 13.6 Å². The molecule has 1 nitrogen and oxygen atoms in total. The molecule has 25 heavy (non-hydrogen) atoms. The van der Waals surface area contributed by atoms with Gasteiger partial charge in [-0.25, -0.2) is 0 Å². The van der Waals surface area contributed by atoms with Gasteiger partial charge in [0.2, 0.25) is 0 Å². The van der Waals surface area contributed by atoms with Gasteiger partial charge in [0, 0.05) is 0 Å². The van der Waals surface area contributed by atoms with Crippen LogP contribution in [-0.4, -0.2) is 13.6 Å². The second-order valence-electron chi connectivity index (χ2n) is 6.23. The lowest BCUT2D eigenvalue weighted by Gasteiger charge is -2.19. The molecular weight excluding hydrogens is 302 g/mol. The van der Waals surface area contributed by atoms with Crippen molar-refractivity contribution in [1.29, 1.82) is 0 Å². The minimum Gasteiger partial charge on any atom is -0.320 e. The van der Waals surface area contributed by atoms with E-state index in [0.29, 0.717) is 5.92 Å². The van der Waals surface area contributed by atoms with Gasteiger partial charge < -0.3 is 5.32 Å². The molecule has 0 radical (unpaired) electrons. The largest absolute Gasteiger partial charge is 0.320 e. The monoisotopic (exact) mass is 349 g/mol. The van der Waals surface area contributed by atoms with E-state index in [9.17, 15) is 0 Å². The van der Waals surface area contributed by atoms with Gasteiger partial charge in [-0.2, -0.15) is 0 Å². The Bertz CT molecular complexity index is 368. The molecule has 1 atom stereocenters. The van der Waals surface area contributed by atoms with E-state index in [4.69, 9.17) is 0 Å². The first-order chi connectivity index (χ1) is 12.0. The molecule has 0 bridgehead atoms. The van der Waals surface area contributed by atoms with Gasteiger partial charge in [-0.05, 0) is 57.3 Å². The summed E-state index contributed by atoms with van der Waals surface area (Å²) in [6, 6.07) is 0. The Kier molecular flexibility index (Phi) is 26.3. The van der Waals surface area contributed by atoms with Crippen LogP contribution in [0.15, 0.2) is 47.6 Å². The third-order valence-electron chi connectivity index (χ3n) is 3.48. The summed E-state index contributed by atoms with van der Waals surface area (Å²) >= 11 is 0. The standard InChI is InChI=1S/C13H18.C6H15N.C3H8.C2H6/c1-5-6-11(3)13-9-10(2)7-8-12(13)4;1-3-4-5-6-7-2;1-3-2;1-2/h5-7,9,12H,3,8H2,1-2,4H3;7H,3-6H2,1-2H3;3H2,1-2H3;1-2H3/b6-5+;;;/t12-;;;/m1.../s1. The molecule has 0 aliphatic heterocycles. The SMILES string of the molecule is C=C(/C=C/C)C1=CC(C)=CC[C@H]1C.CC.CCC.CCCCCNC. The lowest BCUT2D eigenvalue weighted by atomic mass is 9.86. The molecule has 0 fully saturated rings. The second-order valence-corrected chi connectivity index (χ2v) is 6.23. The normalized spacial score (nSPS) is 15.5. The molecule has 0 amide bonds. The first-order valence-corrected chi connectivity index (χ1v) is 10.3. The first kappa shape index (κ1) is 28.7. The van der Waals surface area contributed by atoms with Crippen LogP contribution >= 0.6 is 0 Å². The number of nitrogens with one attached hydrogen (secondary N) is 1. The van der Waals surface area contributed by atoms with Gasteiger partial charge >= 0.3 is 0 Å². The molecule has 1 aliphatic rings. The van der Waals surface area contributed by atoms with Crippen LogP contribution in [-0.2, 0) is 0 Å². The zero-order valence-electron chi connectivity index (χ0n) is 18.8. The molecule has 1 N–H and O–H groups in total. The summed E-state index contributed by atoms with van der Waals surface area (Å²) in [4.78, 5) is 0. The molecule has 0 unspecified atom stereocenters. The fourth-order valence-electron chi connectivity index (χ4n) is 2.19. The van der Waals surface area contributed by atoms with Crippen molar-refractivity contribution in [1.82, 2.24) is 5.32 Å². The van der Waals surface area contributed by atoms with Crippen LogP contribution in [0.25, 0.3) is 0 Å². The van der Waals surface area contributed by atoms with Crippen molar-refractivity contribution in [2.45, 2.75) is 87.5 Å². The number of hydrogen-bond acceptors (Lipinski definition) is 1. The van der Waals surface area contributed by atoms with E-state index in [1.54, 1.807) is 0 Å². The van der Waals surface area contributed by atoms with E-state index in [0.717, 1.165) is 12.0 Å². The van der Waals surface area contributed by atoms with Crippen LogP contribution in [0.3, 0.4) is 0 Å². The molecule has 0 heterocycles. The third kappa shape index (κ3) is 19.1. The quantitative estimate of drug-likeness (QED) is 0.380. The Morgan fingerprint density at radius 1 is 1.24 bits per heavy atom. The highest BCUT2D eigenvalue weighted by Gasteiger charge is 2.12. The maximum absolute atomic E-state index is 4.07. The highest BCUT2D eigenvalue weighted by atomic mass is 14.8. The highest BCUT2D eigenvalue weighted by molar-refractivity contribution is 5.44. The van der Waals surface area contributed by atoms with E-state index in [1.165, 1.54) is 43.4 Å². The maximum Gasteiger partial charge on any atom is -0.00519 e. The van der Waals surface area contributed by atoms with Gasteiger partial charge in [0.15, 0.2) is 0 Å². The summed E-state index contributed by atoms with van der Waals surface area (Å²) in [7, 11) is 2.00. The van der Waals surface area contributed by atoms with E-state index in [-0.39, 0.29) is 0 Å². The second kappa shape index (κ2) is 22.9. The van der Waals surface area contributed by atoms with Crippen LogP contribution < -0.4 is 5.32 Å². The lowest BCUT2D eigenvalue weighted by molar-refractivity contribution is 0.667. The average Bonchev–Trinajstić information content (AvgIpc) is 2.61. The molecule has 0 spiro atoms. The lowest BCUT2D eigenvalue weighted by Crippen LogP contribution is -2.06. The van der Waals surface area contributed by atoms with Crippen LogP contribution in [0.1, 0.15) is 87.5 Å². The van der Waals surface area contributed by atoms with Gasteiger partial charge in [0.25, 0.3) is 0 Å². The first-order valence-electron chi connectivity index (χ1n) is 10.3. The Hall–Kier alpha value is -1.08. The summed E-state index contributed by atoms with van der Waals surface area (Å²) < 4.78 is 0. The summed E-state index contributed by atoms with van der Waals surface area (Å²) in [5, 5.41) is 3.10. The fraction of sp³-hybridized carbons (Fsp3) is 0.667. The molecule has 148 valence electrons. The molecule has 1 aliphatic carbocycles. The van der Waals surface area contributed by atoms with Crippen molar-refractivity contribution in [3.63, 3.8) is 0 Å². The van der Waals surface area contributed by atoms with Gasteiger partial charge in [0.1, 0.15) is 0 Å². The summed E-state index contributed by atoms with van der Waals surface area (Å²) in [5.74, 6) is 0.618. The molecule has 1 rings (SSSR count). The smallest absolute Gasteiger partial charge is 0.00519 e. The zero-order valence-corrected chi connectivity index (χ0v) is 18.8. The Morgan fingerprint density at radius 2 is 1.80 bits per heavy atom. The predicted molar refractivity (Wildman–Crippen MR) is 120 cm³/mol. The maximum atomic E-state index is 4.07. The minimum absolute atomic E-state index is 0.618. The third-order valence-corrected chi connectivity index (χ3v) is 3.48. The van der Waals surface area contributed by atoms with Crippen molar-refractivity contribution >= 4 is 0 Å². The molecule has 0 saturated heterocycles. The van der Waals surface area contributed by atoms with Crippen molar-refractivity contribution in [2.24, 2.45) is 5.92 Å². The number of hydrogen-bond donors (Lipinski definition) is 1. The van der Waals surface area contributed by atoms with Crippen LogP contribution in [0.2, 0.25) is 0 Å². The van der Waals surface area contributed by atoms with Crippen molar-refractivity contribution in [3.05, 3.63) is 47.6 Å². The van der Waals surface area contributed by atoms with E-state index in [1.807, 2.05) is 33.9 Å². The molecule has 0 saturated carbocycles. The zero-order chi connectivity index (χ0) is 20.1. The number of allylic oxidation sites excluding steroid dienone is 7. The minimum atomic E-state index is 0.618. The highest BCUT2D eigenvalue weighted by Crippen LogP contribution is 2.28. The fourth-order valence-corrected chi connectivity index (χ4v) is 2.19. The predicted octanol–water partition coefficient (Wildman–Crippen LogP) is 7.87. The van der Waals surface area contributed by atoms with Crippen LogP contribution in [0, 0.1) is 5.92 Å². The van der Waals surface area contributed by atoms with Crippen LogP contribution in [0.4, 0.5) is 0 Å². The Balaban J connectivity index is -0.000000341. The van der Waals surface area contributed by atoms with E-state index >= 15 is 0 Å². The molecule has 0 aromatic carbocycles. The van der Waals surface area contributed by atoms with Gasteiger partial charge in [-0.15, -0.1) is 0 Å². The van der Waals surface area contributed by atoms with E-state index < -0.39 is 0 Å². The van der Waals surface area contributed by atoms with E-state index in [2.05, 4.69) is 64.7 Å². The Labute approximate surface area is 160 Å². The molecular formula is C24H47N. The molecule has 0 aromatic heterocycles. The molecule has 0 aromatic rings. The topological polar surface area (TPSA) is 12.0 Å². The summed E-state index contributed by atoms with van der Waals surface area (Å²) in [5.41, 5.74) is 3.90. The van der Waals surface area contributed by atoms with Gasteiger partial charge in [-0.3, -0.25) is 0 Å².